The smallest absolute Gasteiger partial charge is 0.224 e. The quantitative estimate of drug-likeness (QED) is 0.818. The fourth-order valence-corrected chi connectivity index (χ4v) is 2.30. The van der Waals surface area contributed by atoms with Crippen molar-refractivity contribution in [2.75, 3.05) is 26.2 Å². The van der Waals surface area contributed by atoms with E-state index in [4.69, 9.17) is 10.2 Å². The molecule has 1 aromatic rings. The minimum absolute atomic E-state index is 0. The van der Waals surface area contributed by atoms with Gasteiger partial charge in [0.25, 0.3) is 0 Å². The molecule has 0 bridgehead atoms. The first-order chi connectivity index (χ1) is 8.79. The summed E-state index contributed by atoms with van der Waals surface area (Å²) < 4.78 is 4.95. The number of hydrogen-bond acceptors (Lipinski definition) is 5. The maximum atomic E-state index is 11.9. The predicted molar refractivity (Wildman–Crippen MR) is 73.8 cm³/mol. The molecule has 1 amide bonds. The van der Waals surface area contributed by atoms with Gasteiger partial charge in [-0.05, 0) is 19.4 Å². The molecule has 1 saturated heterocycles. The molecule has 1 fully saturated rings. The molecular formula is C12H21ClN4O2. The highest BCUT2D eigenvalue weighted by Gasteiger charge is 2.25. The maximum absolute atomic E-state index is 11.9. The normalized spacial score (nSPS) is 19.7. The number of nitrogens with zero attached hydrogens (tertiary/aromatic N) is 2. The van der Waals surface area contributed by atoms with E-state index in [1.807, 2.05) is 0 Å². The molecule has 0 aromatic carbocycles. The van der Waals surface area contributed by atoms with Crippen LogP contribution in [0.4, 0.5) is 0 Å². The summed E-state index contributed by atoms with van der Waals surface area (Å²) in [6.07, 6.45) is 5.08. The lowest BCUT2D eigenvalue weighted by Gasteiger charge is -2.31. The third-order valence-corrected chi connectivity index (χ3v) is 3.19. The molecule has 2 rings (SSSR count). The van der Waals surface area contributed by atoms with Crippen molar-refractivity contribution >= 4 is 18.3 Å². The van der Waals surface area contributed by atoms with Crippen molar-refractivity contribution in [1.29, 1.82) is 0 Å². The highest BCUT2D eigenvalue weighted by atomic mass is 35.5. The van der Waals surface area contributed by atoms with Crippen LogP contribution in [0.15, 0.2) is 17.1 Å². The summed E-state index contributed by atoms with van der Waals surface area (Å²) in [5, 5.41) is 2.86. The zero-order valence-corrected chi connectivity index (χ0v) is 11.7. The fourth-order valence-electron chi connectivity index (χ4n) is 2.30. The number of amides is 1. The first-order valence-electron chi connectivity index (χ1n) is 6.37. The van der Waals surface area contributed by atoms with Gasteiger partial charge in [-0.15, -0.1) is 12.4 Å². The van der Waals surface area contributed by atoms with E-state index in [2.05, 4.69) is 15.2 Å². The van der Waals surface area contributed by atoms with Gasteiger partial charge >= 0.3 is 0 Å². The zero-order chi connectivity index (χ0) is 12.8. The first-order valence-corrected chi connectivity index (χ1v) is 6.37. The van der Waals surface area contributed by atoms with Crippen LogP contribution in [-0.2, 0) is 11.3 Å². The second-order valence-corrected chi connectivity index (χ2v) is 4.63. The maximum Gasteiger partial charge on any atom is 0.224 e. The number of halogens is 1. The minimum atomic E-state index is 0. The molecule has 0 aliphatic carbocycles. The van der Waals surface area contributed by atoms with Crippen molar-refractivity contribution in [1.82, 2.24) is 15.2 Å². The number of nitrogens with one attached hydrogen (secondary N) is 1. The summed E-state index contributed by atoms with van der Waals surface area (Å²) in [5.74, 6) is 0.183. The van der Waals surface area contributed by atoms with Crippen LogP contribution in [0.3, 0.4) is 0 Å². The Morgan fingerprint density at radius 3 is 3.16 bits per heavy atom. The Labute approximate surface area is 119 Å². The summed E-state index contributed by atoms with van der Waals surface area (Å²) in [6.45, 7) is 3.58. The van der Waals surface area contributed by atoms with Crippen LogP contribution in [0, 0.1) is 5.92 Å². The van der Waals surface area contributed by atoms with Crippen molar-refractivity contribution < 1.29 is 9.21 Å². The van der Waals surface area contributed by atoms with Gasteiger partial charge in [0.05, 0.1) is 11.6 Å². The Bertz CT molecular complexity index is 372. The Morgan fingerprint density at radius 1 is 1.63 bits per heavy atom. The summed E-state index contributed by atoms with van der Waals surface area (Å²) in [5.41, 5.74) is 6.30. The van der Waals surface area contributed by atoms with Crippen LogP contribution in [0.25, 0.3) is 0 Å². The molecule has 7 heteroatoms. The Hall–Kier alpha value is -1.11. The van der Waals surface area contributed by atoms with Gasteiger partial charge in [0.15, 0.2) is 6.39 Å². The lowest BCUT2D eigenvalue weighted by molar-refractivity contribution is -0.126. The highest BCUT2D eigenvalue weighted by molar-refractivity contribution is 5.85. The van der Waals surface area contributed by atoms with Crippen molar-refractivity contribution in [3.05, 3.63) is 18.4 Å². The summed E-state index contributed by atoms with van der Waals surface area (Å²) in [7, 11) is 0. The Morgan fingerprint density at radius 2 is 2.47 bits per heavy atom. The zero-order valence-electron chi connectivity index (χ0n) is 10.9. The SMILES string of the molecule is Cl.NCCNC(=O)C1CCCN(Cc2cocn2)C1. The van der Waals surface area contributed by atoms with E-state index in [-0.39, 0.29) is 24.2 Å². The van der Waals surface area contributed by atoms with Gasteiger partial charge in [-0.3, -0.25) is 9.69 Å². The van der Waals surface area contributed by atoms with E-state index < -0.39 is 0 Å². The highest BCUT2D eigenvalue weighted by Crippen LogP contribution is 2.18. The molecule has 2 heterocycles. The van der Waals surface area contributed by atoms with Crippen LogP contribution in [0.1, 0.15) is 18.5 Å². The molecule has 108 valence electrons. The van der Waals surface area contributed by atoms with Crippen molar-refractivity contribution in [2.45, 2.75) is 19.4 Å². The minimum Gasteiger partial charge on any atom is -0.451 e. The number of aromatic nitrogens is 1. The largest absolute Gasteiger partial charge is 0.451 e. The van der Waals surface area contributed by atoms with Gasteiger partial charge in [-0.25, -0.2) is 4.98 Å². The number of carbonyl (C=O) groups is 1. The number of piperidine rings is 1. The lowest BCUT2D eigenvalue weighted by atomic mass is 9.97. The van der Waals surface area contributed by atoms with Gasteiger partial charge in [-0.2, -0.15) is 0 Å². The molecule has 3 N–H and O–H groups in total. The molecule has 1 aliphatic heterocycles. The molecule has 1 unspecified atom stereocenters. The van der Waals surface area contributed by atoms with Gasteiger partial charge in [-0.1, -0.05) is 0 Å². The average molecular weight is 289 g/mol. The van der Waals surface area contributed by atoms with Gasteiger partial charge < -0.3 is 15.5 Å². The van der Waals surface area contributed by atoms with Gasteiger partial charge in [0.1, 0.15) is 6.26 Å². The van der Waals surface area contributed by atoms with Crippen molar-refractivity contribution in [3.63, 3.8) is 0 Å². The molecule has 6 nitrogen and oxygen atoms in total. The lowest BCUT2D eigenvalue weighted by Crippen LogP contribution is -2.43. The standard InChI is InChI=1S/C12H20N4O2.ClH/c13-3-4-14-12(17)10-2-1-5-16(6-10)7-11-8-18-9-15-11;/h8-10H,1-7,13H2,(H,14,17);1H. The summed E-state index contributed by atoms with van der Waals surface area (Å²) >= 11 is 0. The van der Waals surface area contributed by atoms with Crippen molar-refractivity contribution in [3.8, 4) is 0 Å². The Kier molecular flexibility index (Phi) is 6.83. The van der Waals surface area contributed by atoms with Crippen LogP contribution in [-0.4, -0.2) is 42.0 Å². The second kappa shape index (κ2) is 8.14. The van der Waals surface area contributed by atoms with E-state index in [1.54, 1.807) is 6.26 Å². The molecule has 0 radical (unpaired) electrons. The molecular weight excluding hydrogens is 268 g/mol. The predicted octanol–water partition coefficient (Wildman–Crippen LogP) is 0.383. The molecule has 1 aromatic heterocycles. The van der Waals surface area contributed by atoms with E-state index in [9.17, 15) is 4.79 Å². The number of rotatable bonds is 5. The molecule has 0 spiro atoms. The van der Waals surface area contributed by atoms with Crippen LogP contribution in [0.2, 0.25) is 0 Å². The molecule has 0 saturated carbocycles. The van der Waals surface area contributed by atoms with Crippen molar-refractivity contribution in [2.24, 2.45) is 11.7 Å². The van der Waals surface area contributed by atoms with Gasteiger partial charge in [0, 0.05) is 26.2 Å². The fraction of sp³-hybridized carbons (Fsp3) is 0.667. The molecule has 1 atom stereocenters. The number of hydrogen-bond donors (Lipinski definition) is 2. The van der Waals surface area contributed by atoms with E-state index in [0.29, 0.717) is 13.1 Å². The molecule has 19 heavy (non-hydrogen) atoms. The number of carbonyl (C=O) groups excluding carboxylic acids is 1. The van der Waals surface area contributed by atoms with Gasteiger partial charge in [0.2, 0.25) is 5.91 Å². The number of oxazole rings is 1. The first kappa shape index (κ1) is 15.9. The third-order valence-electron chi connectivity index (χ3n) is 3.19. The average Bonchev–Trinajstić information content (AvgIpc) is 2.89. The Balaban J connectivity index is 0.00000180. The number of nitrogens with two attached hydrogens (primary N) is 1. The van der Waals surface area contributed by atoms with E-state index >= 15 is 0 Å². The summed E-state index contributed by atoms with van der Waals surface area (Å²) in [4.78, 5) is 18.2. The van der Waals surface area contributed by atoms with Crippen LogP contribution >= 0.6 is 12.4 Å². The van der Waals surface area contributed by atoms with E-state index in [1.165, 1.54) is 6.39 Å². The summed E-state index contributed by atoms with van der Waals surface area (Å²) in [6, 6.07) is 0. The topological polar surface area (TPSA) is 84.4 Å². The van der Waals surface area contributed by atoms with E-state index in [0.717, 1.165) is 38.2 Å². The third kappa shape index (κ3) is 4.81. The monoisotopic (exact) mass is 288 g/mol. The second-order valence-electron chi connectivity index (χ2n) is 4.63. The molecule has 1 aliphatic rings. The van der Waals surface area contributed by atoms with Crippen LogP contribution in [0.5, 0.6) is 0 Å². The van der Waals surface area contributed by atoms with Crippen LogP contribution < -0.4 is 11.1 Å². The number of likely N-dealkylation sites (tertiary alicyclic amines) is 1.